The summed E-state index contributed by atoms with van der Waals surface area (Å²) in [4.78, 5) is 28.3. The van der Waals surface area contributed by atoms with Gasteiger partial charge in [-0.25, -0.2) is 0 Å². The maximum atomic E-state index is 12.9. The van der Waals surface area contributed by atoms with Crippen LogP contribution >= 0.6 is 23.1 Å². The Kier molecular flexibility index (Phi) is 7.42. The molecular formula is C21H24F3N5O2S2. The van der Waals surface area contributed by atoms with Gasteiger partial charge in [0.1, 0.15) is 0 Å². The fraction of sp³-hybridized carbons (Fsp3) is 0.524. The van der Waals surface area contributed by atoms with Gasteiger partial charge in [-0.3, -0.25) is 9.59 Å². The van der Waals surface area contributed by atoms with Crippen molar-refractivity contribution in [2.24, 2.45) is 0 Å². The molecule has 2 aromatic rings. The maximum absolute atomic E-state index is 12.9. The van der Waals surface area contributed by atoms with Gasteiger partial charge in [-0.15, -0.1) is 10.2 Å². The highest BCUT2D eigenvalue weighted by atomic mass is 32.2. The Morgan fingerprint density at radius 3 is 2.55 bits per heavy atom. The van der Waals surface area contributed by atoms with Crippen molar-refractivity contribution in [2.75, 3.05) is 36.8 Å². The van der Waals surface area contributed by atoms with Gasteiger partial charge in [0.15, 0.2) is 4.34 Å². The van der Waals surface area contributed by atoms with Crippen molar-refractivity contribution in [3.8, 4) is 0 Å². The maximum Gasteiger partial charge on any atom is 0.416 e. The standard InChI is InChI=1S/C21H24F3N5O2S2/c22-21(23,24)15-5-3-4-14(12-15)18(31)28-8-10-29(11-9-28)19-26-27-20(33-19)32-13-17(30)25-16-6-1-2-7-16/h3-5,12,16H,1-2,6-11,13H2,(H,25,30). The molecule has 2 amide bonds. The second-order valence-electron chi connectivity index (χ2n) is 8.05. The number of nitrogens with one attached hydrogen (secondary N) is 1. The van der Waals surface area contributed by atoms with E-state index >= 15 is 0 Å². The van der Waals surface area contributed by atoms with Gasteiger partial charge >= 0.3 is 6.18 Å². The van der Waals surface area contributed by atoms with Crippen LogP contribution in [0.4, 0.5) is 18.3 Å². The number of anilines is 1. The Labute approximate surface area is 197 Å². The number of amides is 2. The first-order valence-electron chi connectivity index (χ1n) is 10.8. The van der Waals surface area contributed by atoms with Crippen molar-refractivity contribution >= 4 is 40.0 Å². The Hall–Kier alpha value is -2.34. The van der Waals surface area contributed by atoms with Crippen molar-refractivity contribution in [1.82, 2.24) is 20.4 Å². The van der Waals surface area contributed by atoms with Crippen LogP contribution in [0.1, 0.15) is 41.6 Å². The summed E-state index contributed by atoms with van der Waals surface area (Å²) in [5.74, 6) is -0.113. The van der Waals surface area contributed by atoms with Crippen LogP contribution in [0.25, 0.3) is 0 Å². The molecule has 1 aliphatic carbocycles. The molecule has 0 atom stereocenters. The average molecular weight is 500 g/mol. The predicted octanol–water partition coefficient (Wildman–Crippen LogP) is 3.67. The van der Waals surface area contributed by atoms with Crippen LogP contribution in [0.15, 0.2) is 28.6 Å². The molecule has 1 aromatic carbocycles. The van der Waals surface area contributed by atoms with Crippen LogP contribution in [-0.2, 0) is 11.0 Å². The molecule has 0 bridgehead atoms. The van der Waals surface area contributed by atoms with Crippen LogP contribution in [0, 0.1) is 0 Å². The van der Waals surface area contributed by atoms with Gasteiger partial charge in [-0.1, -0.05) is 42.0 Å². The SMILES string of the molecule is O=C(CSc1nnc(N2CCN(C(=O)c3cccc(C(F)(F)F)c3)CC2)s1)NC1CCCC1. The number of benzene rings is 1. The number of rotatable bonds is 6. The van der Waals surface area contributed by atoms with E-state index in [1.165, 1.54) is 35.2 Å². The molecule has 0 unspecified atom stereocenters. The second kappa shape index (κ2) is 10.3. The zero-order valence-electron chi connectivity index (χ0n) is 17.8. The van der Waals surface area contributed by atoms with Gasteiger partial charge in [-0.05, 0) is 31.0 Å². The summed E-state index contributed by atoms with van der Waals surface area (Å²) in [6.45, 7) is 1.76. The lowest BCUT2D eigenvalue weighted by Crippen LogP contribution is -2.48. The van der Waals surface area contributed by atoms with Gasteiger partial charge < -0.3 is 15.1 Å². The van der Waals surface area contributed by atoms with E-state index in [0.29, 0.717) is 41.4 Å². The Morgan fingerprint density at radius 2 is 1.85 bits per heavy atom. The topological polar surface area (TPSA) is 78.4 Å². The molecule has 1 saturated heterocycles. The van der Waals surface area contributed by atoms with Crippen molar-refractivity contribution < 1.29 is 22.8 Å². The lowest BCUT2D eigenvalue weighted by Gasteiger charge is -2.34. The molecule has 0 radical (unpaired) electrons. The lowest BCUT2D eigenvalue weighted by atomic mass is 10.1. The summed E-state index contributed by atoms with van der Waals surface area (Å²) in [5.41, 5.74) is -0.799. The number of carbonyl (C=O) groups is 2. The minimum Gasteiger partial charge on any atom is -0.353 e. The van der Waals surface area contributed by atoms with E-state index in [9.17, 15) is 22.8 Å². The van der Waals surface area contributed by atoms with Crippen LogP contribution in [-0.4, -0.2) is 64.9 Å². The first kappa shape index (κ1) is 23.8. The lowest BCUT2D eigenvalue weighted by molar-refractivity contribution is -0.137. The van der Waals surface area contributed by atoms with Gasteiger partial charge in [0.05, 0.1) is 11.3 Å². The number of hydrogen-bond donors (Lipinski definition) is 1. The van der Waals surface area contributed by atoms with E-state index in [0.717, 1.165) is 37.8 Å². The van der Waals surface area contributed by atoms with Gasteiger partial charge in [0.25, 0.3) is 5.91 Å². The van der Waals surface area contributed by atoms with Gasteiger partial charge in [-0.2, -0.15) is 13.2 Å². The third-order valence-electron chi connectivity index (χ3n) is 5.72. The molecule has 178 valence electrons. The third kappa shape index (κ3) is 6.17. The second-order valence-corrected chi connectivity index (χ2v) is 10.2. The summed E-state index contributed by atoms with van der Waals surface area (Å²) >= 11 is 2.75. The molecule has 2 fully saturated rings. The number of aromatic nitrogens is 2. The summed E-state index contributed by atoms with van der Waals surface area (Å²) in [7, 11) is 0. The number of piperazine rings is 1. The smallest absolute Gasteiger partial charge is 0.353 e. The minimum atomic E-state index is -4.49. The molecular weight excluding hydrogens is 475 g/mol. The quantitative estimate of drug-likeness (QED) is 0.611. The Balaban J connectivity index is 1.26. The van der Waals surface area contributed by atoms with Crippen molar-refractivity contribution in [3.63, 3.8) is 0 Å². The highest BCUT2D eigenvalue weighted by Crippen LogP contribution is 2.31. The monoisotopic (exact) mass is 499 g/mol. The van der Waals surface area contributed by atoms with Crippen molar-refractivity contribution in [2.45, 2.75) is 42.2 Å². The third-order valence-corrected chi connectivity index (χ3v) is 7.83. The minimum absolute atomic E-state index is 0.00497. The van der Waals surface area contributed by atoms with Crippen LogP contribution in [0.5, 0.6) is 0 Å². The van der Waals surface area contributed by atoms with Crippen LogP contribution in [0.2, 0.25) is 0 Å². The van der Waals surface area contributed by atoms with E-state index in [4.69, 9.17) is 0 Å². The summed E-state index contributed by atoms with van der Waals surface area (Å²) in [5, 5.41) is 12.1. The van der Waals surface area contributed by atoms with E-state index in [2.05, 4.69) is 15.5 Å². The van der Waals surface area contributed by atoms with E-state index in [1.807, 2.05) is 4.90 Å². The molecule has 0 spiro atoms. The van der Waals surface area contributed by atoms with Gasteiger partial charge in [0, 0.05) is 37.8 Å². The molecule has 2 heterocycles. The first-order valence-corrected chi connectivity index (χ1v) is 12.6. The fourth-order valence-corrected chi connectivity index (χ4v) is 5.67. The Morgan fingerprint density at radius 1 is 1.12 bits per heavy atom. The fourth-order valence-electron chi connectivity index (χ4n) is 3.97. The Bertz CT molecular complexity index is 986. The van der Waals surface area contributed by atoms with E-state index in [1.54, 1.807) is 4.90 Å². The molecule has 1 aliphatic heterocycles. The number of alkyl halides is 3. The summed E-state index contributed by atoms with van der Waals surface area (Å²) < 4.78 is 39.5. The highest BCUT2D eigenvalue weighted by Gasteiger charge is 2.32. The molecule has 2 aliphatic rings. The zero-order valence-corrected chi connectivity index (χ0v) is 19.4. The summed E-state index contributed by atoms with van der Waals surface area (Å²) in [6, 6.07) is 4.80. The zero-order chi connectivity index (χ0) is 23.4. The van der Waals surface area contributed by atoms with Crippen LogP contribution < -0.4 is 10.2 Å². The average Bonchev–Trinajstić information content (AvgIpc) is 3.49. The van der Waals surface area contributed by atoms with E-state index in [-0.39, 0.29) is 17.5 Å². The largest absolute Gasteiger partial charge is 0.416 e. The summed E-state index contributed by atoms with van der Waals surface area (Å²) in [6.07, 6.45) is -0.0732. The number of halogens is 3. The predicted molar refractivity (Wildman–Crippen MR) is 121 cm³/mol. The first-order chi connectivity index (χ1) is 15.8. The number of carbonyl (C=O) groups excluding carboxylic acids is 2. The molecule has 4 rings (SSSR count). The molecule has 7 nitrogen and oxygen atoms in total. The van der Waals surface area contributed by atoms with Crippen molar-refractivity contribution in [1.29, 1.82) is 0 Å². The highest BCUT2D eigenvalue weighted by molar-refractivity contribution is 8.01. The molecule has 1 saturated carbocycles. The number of nitrogens with zero attached hydrogens (tertiary/aromatic N) is 4. The number of thioether (sulfide) groups is 1. The van der Waals surface area contributed by atoms with Crippen LogP contribution in [0.3, 0.4) is 0 Å². The van der Waals surface area contributed by atoms with Gasteiger partial charge in [0.2, 0.25) is 11.0 Å². The van der Waals surface area contributed by atoms with E-state index < -0.39 is 17.6 Å². The molecule has 1 aromatic heterocycles. The number of hydrogen-bond acceptors (Lipinski definition) is 7. The van der Waals surface area contributed by atoms with Crippen molar-refractivity contribution in [3.05, 3.63) is 35.4 Å². The molecule has 12 heteroatoms. The normalized spacial score (nSPS) is 17.4. The molecule has 1 N–H and O–H groups in total. The molecule has 33 heavy (non-hydrogen) atoms.